The second-order valence-electron chi connectivity index (χ2n) is 11.2. The van der Waals surface area contributed by atoms with Gasteiger partial charge >= 0.3 is 0 Å². The minimum absolute atomic E-state index is 0.327. The number of H-pyrrole nitrogens is 1. The van der Waals surface area contributed by atoms with Crippen LogP contribution in [0, 0.1) is 5.82 Å². The fourth-order valence-corrected chi connectivity index (χ4v) is 7.38. The first-order chi connectivity index (χ1) is 19.3. The SMILES string of the molecule is Fc1ccc(-c2c(-c3ccncc3)nn3c(C4CCC(N5[C@@H]6CC[C@@H]5COC6)CC4)ccnc23)c2cn[nH]c12. The van der Waals surface area contributed by atoms with E-state index in [1.54, 1.807) is 18.6 Å². The van der Waals surface area contributed by atoms with Crippen LogP contribution >= 0.6 is 0 Å². The summed E-state index contributed by atoms with van der Waals surface area (Å²) in [5, 5.41) is 12.8. The van der Waals surface area contributed by atoms with Gasteiger partial charge in [0.15, 0.2) is 5.65 Å². The lowest BCUT2D eigenvalue weighted by Crippen LogP contribution is -2.52. The maximum Gasteiger partial charge on any atom is 0.163 e. The van der Waals surface area contributed by atoms with E-state index in [1.807, 2.05) is 28.9 Å². The molecule has 39 heavy (non-hydrogen) atoms. The monoisotopic (exact) mass is 523 g/mol. The Balaban J connectivity index is 1.21. The van der Waals surface area contributed by atoms with Crippen LogP contribution in [0.25, 0.3) is 38.9 Å². The van der Waals surface area contributed by atoms with Crippen LogP contribution in [0.3, 0.4) is 0 Å². The van der Waals surface area contributed by atoms with E-state index in [0.717, 1.165) is 54.1 Å². The first kappa shape index (κ1) is 23.2. The summed E-state index contributed by atoms with van der Waals surface area (Å²) in [5.74, 6) is 0.0814. The van der Waals surface area contributed by atoms with Crippen molar-refractivity contribution in [3.63, 3.8) is 0 Å². The van der Waals surface area contributed by atoms with Gasteiger partial charge in [0.05, 0.1) is 25.0 Å². The molecule has 2 atom stereocenters. The Morgan fingerprint density at radius 1 is 0.872 bits per heavy atom. The van der Waals surface area contributed by atoms with Gasteiger partial charge in [-0.05, 0) is 68.4 Å². The molecule has 3 aliphatic rings. The molecule has 9 heteroatoms. The number of fused-ring (bicyclic) bond motifs is 4. The van der Waals surface area contributed by atoms with Crippen LogP contribution in [-0.4, -0.2) is 66.0 Å². The van der Waals surface area contributed by atoms with Crippen LogP contribution in [0.5, 0.6) is 0 Å². The number of hydrogen-bond donors (Lipinski definition) is 1. The van der Waals surface area contributed by atoms with Gasteiger partial charge in [-0.2, -0.15) is 10.2 Å². The highest BCUT2D eigenvalue weighted by atomic mass is 19.1. The van der Waals surface area contributed by atoms with Gasteiger partial charge in [0.2, 0.25) is 0 Å². The Morgan fingerprint density at radius 3 is 2.44 bits per heavy atom. The maximum atomic E-state index is 14.6. The molecule has 0 radical (unpaired) electrons. The second kappa shape index (κ2) is 9.20. The Kier molecular flexibility index (Phi) is 5.48. The number of pyridine rings is 1. The molecule has 2 aliphatic heterocycles. The molecule has 0 amide bonds. The smallest absolute Gasteiger partial charge is 0.163 e. The molecule has 1 N–H and O–H groups in total. The third-order valence-corrected chi connectivity index (χ3v) is 9.17. The topological polar surface area (TPSA) is 84.2 Å². The first-order valence-electron chi connectivity index (χ1n) is 14.0. The summed E-state index contributed by atoms with van der Waals surface area (Å²) in [6.45, 7) is 1.78. The number of ether oxygens (including phenoxy) is 1. The molecule has 1 aliphatic carbocycles. The lowest BCUT2D eigenvalue weighted by molar-refractivity contribution is -0.0443. The highest BCUT2D eigenvalue weighted by Gasteiger charge is 2.42. The normalized spacial score (nSPS) is 25.6. The number of benzene rings is 1. The van der Waals surface area contributed by atoms with E-state index < -0.39 is 0 Å². The number of hydrogen-bond acceptors (Lipinski definition) is 6. The fraction of sp³-hybridized carbons (Fsp3) is 0.400. The first-order valence-corrected chi connectivity index (χ1v) is 14.0. The molecule has 0 spiro atoms. The van der Waals surface area contributed by atoms with Crippen LogP contribution < -0.4 is 0 Å². The summed E-state index contributed by atoms with van der Waals surface area (Å²) in [5.41, 5.74) is 5.86. The number of morpholine rings is 1. The number of rotatable bonds is 4. The third kappa shape index (κ3) is 3.71. The number of aromatic amines is 1. The van der Waals surface area contributed by atoms with Crippen molar-refractivity contribution >= 4 is 16.6 Å². The number of halogens is 1. The van der Waals surface area contributed by atoms with E-state index in [9.17, 15) is 4.39 Å². The van der Waals surface area contributed by atoms with Crippen molar-refractivity contribution in [1.82, 2.24) is 34.7 Å². The van der Waals surface area contributed by atoms with Crippen LogP contribution in [0.2, 0.25) is 0 Å². The zero-order chi connectivity index (χ0) is 25.9. The van der Waals surface area contributed by atoms with Gasteiger partial charge in [0.25, 0.3) is 0 Å². The zero-order valence-corrected chi connectivity index (χ0v) is 21.6. The molecular weight excluding hydrogens is 493 g/mol. The van der Waals surface area contributed by atoms with Crippen molar-refractivity contribution in [2.24, 2.45) is 0 Å². The average Bonchev–Trinajstić information content (AvgIpc) is 3.69. The molecule has 1 aromatic carbocycles. The molecule has 1 saturated carbocycles. The standard InChI is InChI=1S/C30H30FN7O/c31-25-8-7-23(24-15-34-35-29(24)25)27-28(19-9-12-32-13-10-19)36-38-26(11-14-33-30(27)38)18-1-3-20(4-2-18)37-21-5-6-22(37)17-39-16-21/h7-15,18,20-22H,1-6,16-17H2,(H,34,35)/t18?,20?,21-,22-/m1/s1. The average molecular weight is 524 g/mol. The summed E-state index contributed by atoms with van der Waals surface area (Å²) >= 11 is 0. The van der Waals surface area contributed by atoms with E-state index in [0.29, 0.717) is 34.9 Å². The minimum Gasteiger partial charge on any atom is -0.378 e. The molecule has 8 rings (SSSR count). The van der Waals surface area contributed by atoms with Gasteiger partial charge < -0.3 is 4.74 Å². The van der Waals surface area contributed by atoms with Gasteiger partial charge in [-0.15, -0.1) is 0 Å². The number of nitrogens with one attached hydrogen (secondary N) is 1. The lowest BCUT2D eigenvalue weighted by Gasteiger charge is -2.43. The van der Waals surface area contributed by atoms with Crippen LogP contribution in [0.1, 0.15) is 50.1 Å². The fourth-order valence-electron chi connectivity index (χ4n) is 7.38. The number of nitrogens with zero attached hydrogens (tertiary/aromatic N) is 6. The summed E-state index contributed by atoms with van der Waals surface area (Å²) in [4.78, 5) is 11.8. The van der Waals surface area contributed by atoms with Crippen LogP contribution in [0.15, 0.2) is 55.1 Å². The Labute approximate surface area is 225 Å². The summed E-state index contributed by atoms with van der Waals surface area (Å²) in [6, 6.07) is 11.2. The number of aromatic nitrogens is 6. The van der Waals surface area contributed by atoms with Gasteiger partial charge in [0.1, 0.15) is 17.0 Å². The van der Waals surface area contributed by atoms with E-state index in [-0.39, 0.29) is 5.82 Å². The largest absolute Gasteiger partial charge is 0.378 e. The van der Waals surface area contributed by atoms with Crippen molar-refractivity contribution < 1.29 is 9.13 Å². The summed E-state index contributed by atoms with van der Waals surface area (Å²) < 4.78 is 22.4. The Morgan fingerprint density at radius 2 is 1.64 bits per heavy atom. The predicted molar refractivity (Wildman–Crippen MR) is 146 cm³/mol. The summed E-state index contributed by atoms with van der Waals surface area (Å²) in [7, 11) is 0. The highest BCUT2D eigenvalue weighted by molar-refractivity contribution is 6.02. The molecule has 5 aromatic rings. The van der Waals surface area contributed by atoms with Crippen molar-refractivity contribution in [1.29, 1.82) is 0 Å². The zero-order valence-electron chi connectivity index (χ0n) is 21.6. The quantitative estimate of drug-likeness (QED) is 0.341. The Hall–Kier alpha value is -3.69. The predicted octanol–water partition coefficient (Wildman–Crippen LogP) is 5.36. The van der Waals surface area contributed by atoms with E-state index in [2.05, 4.69) is 26.1 Å². The minimum atomic E-state index is -0.327. The molecule has 3 fully saturated rings. The van der Waals surface area contributed by atoms with Crippen LogP contribution in [-0.2, 0) is 4.74 Å². The summed E-state index contributed by atoms with van der Waals surface area (Å²) in [6.07, 6.45) is 14.3. The van der Waals surface area contributed by atoms with Crippen molar-refractivity contribution in [3.8, 4) is 22.4 Å². The molecule has 2 saturated heterocycles. The molecule has 8 nitrogen and oxygen atoms in total. The lowest BCUT2D eigenvalue weighted by atomic mass is 9.82. The maximum absolute atomic E-state index is 14.6. The van der Waals surface area contributed by atoms with Gasteiger partial charge in [0, 0.05) is 59.3 Å². The third-order valence-electron chi connectivity index (χ3n) is 9.17. The molecule has 4 aromatic heterocycles. The van der Waals surface area contributed by atoms with Gasteiger partial charge in [-0.1, -0.05) is 6.07 Å². The van der Waals surface area contributed by atoms with Gasteiger partial charge in [-0.3, -0.25) is 15.0 Å². The van der Waals surface area contributed by atoms with Gasteiger partial charge in [-0.25, -0.2) is 13.9 Å². The second-order valence-corrected chi connectivity index (χ2v) is 11.2. The molecule has 2 bridgehead atoms. The van der Waals surface area contributed by atoms with Crippen molar-refractivity contribution in [3.05, 3.63) is 66.6 Å². The van der Waals surface area contributed by atoms with E-state index in [1.165, 1.54) is 37.4 Å². The van der Waals surface area contributed by atoms with E-state index >= 15 is 0 Å². The highest BCUT2D eigenvalue weighted by Crippen LogP contribution is 2.42. The van der Waals surface area contributed by atoms with Crippen molar-refractivity contribution in [2.75, 3.05) is 13.2 Å². The molecular formula is C30H30FN7O. The molecule has 6 heterocycles. The van der Waals surface area contributed by atoms with Crippen LogP contribution in [0.4, 0.5) is 4.39 Å². The molecule has 198 valence electrons. The van der Waals surface area contributed by atoms with E-state index in [4.69, 9.17) is 14.8 Å². The Bertz CT molecular complexity index is 1640. The molecule has 0 unspecified atom stereocenters. The van der Waals surface area contributed by atoms with Crippen molar-refractivity contribution in [2.45, 2.75) is 62.6 Å².